The van der Waals surface area contributed by atoms with E-state index in [9.17, 15) is 4.79 Å². The molecule has 0 atom stereocenters. The zero-order valence-corrected chi connectivity index (χ0v) is 16.5. The Balaban J connectivity index is 1.53. The lowest BCUT2D eigenvalue weighted by atomic mass is 10.2. The van der Waals surface area contributed by atoms with Crippen molar-refractivity contribution in [2.75, 3.05) is 17.7 Å². The summed E-state index contributed by atoms with van der Waals surface area (Å²) in [5.74, 6) is 1.54. The Morgan fingerprint density at radius 3 is 2.81 bits per heavy atom. The predicted octanol–water partition coefficient (Wildman–Crippen LogP) is 5.23. The van der Waals surface area contributed by atoms with Gasteiger partial charge in [0.1, 0.15) is 5.75 Å². The first kappa shape index (κ1) is 18.5. The van der Waals surface area contributed by atoms with E-state index in [4.69, 9.17) is 9.15 Å². The number of aromatic nitrogens is 1. The Bertz CT molecular complexity index is 881. The fourth-order valence-corrected chi connectivity index (χ4v) is 3.23. The molecule has 3 rings (SSSR count). The first-order valence-electron chi connectivity index (χ1n) is 8.01. The maximum atomic E-state index is 12.1. The quantitative estimate of drug-likeness (QED) is 0.517. The number of ether oxygens (including phenoxy) is 1. The van der Waals surface area contributed by atoms with Gasteiger partial charge in [0.05, 0.1) is 18.6 Å². The van der Waals surface area contributed by atoms with Gasteiger partial charge in [-0.2, -0.15) is 0 Å². The molecule has 1 N–H and O–H groups in total. The summed E-state index contributed by atoms with van der Waals surface area (Å²) in [6.45, 7) is 2.54. The number of carbonyl (C=O) groups is 1. The Hall–Kier alpha value is -2.25. The fourth-order valence-electron chi connectivity index (χ4n) is 2.23. The molecule has 0 bridgehead atoms. The molecule has 0 saturated heterocycles. The molecule has 2 aromatic carbocycles. The summed E-state index contributed by atoms with van der Waals surface area (Å²) in [5.41, 5.74) is 1.65. The smallest absolute Gasteiger partial charge is 0.256 e. The number of rotatable bonds is 7. The number of anilines is 1. The van der Waals surface area contributed by atoms with Crippen LogP contribution in [0.2, 0.25) is 0 Å². The molecule has 0 aliphatic rings. The molecule has 26 heavy (non-hydrogen) atoms. The van der Waals surface area contributed by atoms with E-state index in [1.807, 2.05) is 55.5 Å². The SMILES string of the molecule is CCOc1ccc(NC(=O)CSc2ncc(-c3cccc(Br)c3)o2)cc1. The molecule has 0 radical (unpaired) electrons. The zero-order chi connectivity index (χ0) is 18.4. The molecule has 1 amide bonds. The molecule has 0 aliphatic heterocycles. The summed E-state index contributed by atoms with van der Waals surface area (Å²) in [4.78, 5) is 16.3. The Morgan fingerprint density at radius 2 is 2.08 bits per heavy atom. The first-order valence-corrected chi connectivity index (χ1v) is 9.79. The molecule has 1 heterocycles. The molecule has 3 aromatic rings. The minimum absolute atomic E-state index is 0.124. The number of nitrogens with one attached hydrogen (secondary N) is 1. The van der Waals surface area contributed by atoms with E-state index < -0.39 is 0 Å². The van der Waals surface area contributed by atoms with Crippen molar-refractivity contribution < 1.29 is 13.9 Å². The van der Waals surface area contributed by atoms with E-state index in [0.29, 0.717) is 17.6 Å². The Labute approximate surface area is 164 Å². The van der Waals surface area contributed by atoms with E-state index in [2.05, 4.69) is 26.2 Å². The number of oxazole rings is 1. The lowest BCUT2D eigenvalue weighted by molar-refractivity contribution is -0.113. The van der Waals surface area contributed by atoms with Crippen molar-refractivity contribution in [1.82, 2.24) is 4.98 Å². The van der Waals surface area contributed by atoms with Crippen molar-refractivity contribution in [2.24, 2.45) is 0 Å². The number of carbonyl (C=O) groups excluding carboxylic acids is 1. The van der Waals surface area contributed by atoms with Gasteiger partial charge in [0, 0.05) is 15.7 Å². The summed E-state index contributed by atoms with van der Waals surface area (Å²) >= 11 is 4.69. The highest BCUT2D eigenvalue weighted by molar-refractivity contribution is 9.10. The molecule has 0 fully saturated rings. The monoisotopic (exact) mass is 432 g/mol. The third-order valence-electron chi connectivity index (χ3n) is 3.37. The first-order chi connectivity index (χ1) is 12.6. The molecule has 1 aromatic heterocycles. The largest absolute Gasteiger partial charge is 0.494 e. The van der Waals surface area contributed by atoms with Gasteiger partial charge in [-0.1, -0.05) is 39.8 Å². The van der Waals surface area contributed by atoms with Crippen molar-refractivity contribution in [3.05, 3.63) is 59.2 Å². The number of thioether (sulfide) groups is 1. The maximum absolute atomic E-state index is 12.1. The molecule has 5 nitrogen and oxygen atoms in total. The maximum Gasteiger partial charge on any atom is 0.256 e. The van der Waals surface area contributed by atoms with E-state index >= 15 is 0 Å². The fraction of sp³-hybridized carbons (Fsp3) is 0.158. The molecular formula is C19H17BrN2O3S. The van der Waals surface area contributed by atoms with Crippen LogP contribution in [0.5, 0.6) is 5.75 Å². The van der Waals surface area contributed by atoms with Crippen LogP contribution < -0.4 is 10.1 Å². The Kier molecular flexibility index (Phi) is 6.35. The van der Waals surface area contributed by atoms with Crippen LogP contribution in [0.4, 0.5) is 5.69 Å². The second-order valence-electron chi connectivity index (χ2n) is 5.30. The highest BCUT2D eigenvalue weighted by Gasteiger charge is 2.10. The molecule has 0 saturated carbocycles. The van der Waals surface area contributed by atoms with Gasteiger partial charge in [-0.05, 0) is 43.3 Å². The highest BCUT2D eigenvalue weighted by atomic mass is 79.9. The third-order valence-corrected chi connectivity index (χ3v) is 4.70. The van der Waals surface area contributed by atoms with E-state index in [-0.39, 0.29) is 11.7 Å². The average molecular weight is 433 g/mol. The van der Waals surface area contributed by atoms with Gasteiger partial charge in [0.2, 0.25) is 5.91 Å². The van der Waals surface area contributed by atoms with E-state index in [0.717, 1.165) is 21.5 Å². The van der Waals surface area contributed by atoms with Crippen molar-refractivity contribution in [3.8, 4) is 17.1 Å². The van der Waals surface area contributed by atoms with Crippen molar-refractivity contribution in [2.45, 2.75) is 12.1 Å². The van der Waals surface area contributed by atoms with Crippen molar-refractivity contribution in [3.63, 3.8) is 0 Å². The van der Waals surface area contributed by atoms with Crippen molar-refractivity contribution >= 4 is 39.3 Å². The van der Waals surface area contributed by atoms with Gasteiger partial charge in [0.25, 0.3) is 5.22 Å². The highest BCUT2D eigenvalue weighted by Crippen LogP contribution is 2.27. The number of amides is 1. The molecule has 0 unspecified atom stereocenters. The number of hydrogen-bond acceptors (Lipinski definition) is 5. The molecular weight excluding hydrogens is 416 g/mol. The van der Waals surface area contributed by atoms with Crippen LogP contribution in [0.3, 0.4) is 0 Å². The van der Waals surface area contributed by atoms with Crippen LogP contribution in [0, 0.1) is 0 Å². The minimum Gasteiger partial charge on any atom is -0.494 e. The zero-order valence-electron chi connectivity index (χ0n) is 14.1. The number of benzene rings is 2. The second kappa shape index (κ2) is 8.91. The van der Waals surface area contributed by atoms with Gasteiger partial charge in [-0.25, -0.2) is 4.98 Å². The predicted molar refractivity (Wildman–Crippen MR) is 107 cm³/mol. The summed E-state index contributed by atoms with van der Waals surface area (Å²) < 4.78 is 12.0. The second-order valence-corrected chi connectivity index (χ2v) is 7.14. The van der Waals surface area contributed by atoms with Crippen LogP contribution in [0.1, 0.15) is 6.92 Å². The van der Waals surface area contributed by atoms with Gasteiger partial charge in [-0.15, -0.1) is 0 Å². The molecule has 0 aliphatic carbocycles. The van der Waals surface area contributed by atoms with Crippen LogP contribution >= 0.6 is 27.7 Å². The lowest BCUT2D eigenvalue weighted by Gasteiger charge is -2.06. The summed E-state index contributed by atoms with van der Waals surface area (Å²) in [5, 5.41) is 3.30. The van der Waals surface area contributed by atoms with Crippen LogP contribution in [-0.4, -0.2) is 23.3 Å². The number of hydrogen-bond donors (Lipinski definition) is 1. The van der Waals surface area contributed by atoms with E-state index in [1.165, 1.54) is 11.8 Å². The Morgan fingerprint density at radius 1 is 1.27 bits per heavy atom. The normalized spacial score (nSPS) is 10.5. The van der Waals surface area contributed by atoms with Gasteiger partial charge in [-0.3, -0.25) is 4.79 Å². The standard InChI is InChI=1S/C19H17BrN2O3S/c1-2-24-16-8-6-15(7-9-16)22-18(23)12-26-19-21-11-17(25-19)13-4-3-5-14(20)10-13/h3-11H,2,12H2,1H3,(H,22,23). The van der Waals surface area contributed by atoms with Gasteiger partial charge < -0.3 is 14.5 Å². The summed E-state index contributed by atoms with van der Waals surface area (Å²) in [7, 11) is 0. The van der Waals surface area contributed by atoms with Gasteiger partial charge in [0.15, 0.2) is 5.76 Å². The topological polar surface area (TPSA) is 64.4 Å². The van der Waals surface area contributed by atoms with Crippen LogP contribution in [0.15, 0.2) is 68.8 Å². The van der Waals surface area contributed by atoms with E-state index in [1.54, 1.807) is 6.20 Å². The molecule has 0 spiro atoms. The van der Waals surface area contributed by atoms with Crippen LogP contribution in [0.25, 0.3) is 11.3 Å². The van der Waals surface area contributed by atoms with Crippen molar-refractivity contribution in [1.29, 1.82) is 0 Å². The van der Waals surface area contributed by atoms with Crippen LogP contribution in [-0.2, 0) is 4.79 Å². The molecule has 134 valence electrons. The number of halogens is 1. The number of nitrogens with zero attached hydrogens (tertiary/aromatic N) is 1. The summed E-state index contributed by atoms with van der Waals surface area (Å²) in [6, 6.07) is 15.0. The average Bonchev–Trinajstić information content (AvgIpc) is 3.11. The molecule has 7 heteroatoms. The minimum atomic E-state index is -0.124. The summed E-state index contributed by atoms with van der Waals surface area (Å²) in [6.07, 6.45) is 1.66. The van der Waals surface area contributed by atoms with Gasteiger partial charge >= 0.3 is 0 Å². The lowest BCUT2D eigenvalue weighted by Crippen LogP contribution is -2.13. The third kappa shape index (κ3) is 5.12.